The number of aliphatic imine (C=N–C) groups is 2. The van der Waals surface area contributed by atoms with Crippen molar-refractivity contribution in [3.05, 3.63) is 40.6 Å². The van der Waals surface area contributed by atoms with Gasteiger partial charge in [-0.25, -0.2) is 9.98 Å². The molecule has 1 aliphatic rings. The molecule has 1 amide bonds. The Morgan fingerprint density at radius 2 is 2.10 bits per heavy atom. The lowest BCUT2D eigenvalue weighted by atomic mass is 9.92. The summed E-state index contributed by atoms with van der Waals surface area (Å²) in [6.07, 6.45) is 5.33. The Morgan fingerprint density at radius 1 is 1.40 bits per heavy atom. The Labute approximate surface area is 184 Å². The van der Waals surface area contributed by atoms with E-state index in [9.17, 15) is 9.90 Å². The van der Waals surface area contributed by atoms with E-state index in [1.807, 2.05) is 33.3 Å². The lowest BCUT2D eigenvalue weighted by molar-refractivity contribution is -0.122. The zero-order chi connectivity index (χ0) is 22.3. The van der Waals surface area contributed by atoms with Crippen LogP contribution in [-0.4, -0.2) is 55.1 Å². The fraction of sp³-hybridized carbons (Fsp3) is 0.522. The standard InChI is InChI=1S/C23H33ClN4O2/c1-15(13-26-16(2)25-3)20(18-7-8-18)12-23(30)27-14-19(28(4)5)10-17-6-9-22(29)21(24)11-17/h6,9,11,13,18-20,29H,3,7-8,10,12,14H2,1-2,4-5H3,(H,27,30)/b15-13+,26-16-/t19-,20-/m0/s1. The van der Waals surface area contributed by atoms with Crippen molar-refractivity contribution in [3.63, 3.8) is 0 Å². The zero-order valence-corrected chi connectivity index (χ0v) is 19.1. The molecule has 1 aromatic rings. The molecule has 1 aromatic carbocycles. The van der Waals surface area contributed by atoms with Crippen molar-refractivity contribution in [3.8, 4) is 5.75 Å². The summed E-state index contributed by atoms with van der Waals surface area (Å²) in [4.78, 5) is 22.9. The minimum absolute atomic E-state index is 0.0535. The first-order valence-electron chi connectivity index (χ1n) is 10.3. The molecular formula is C23H33ClN4O2. The summed E-state index contributed by atoms with van der Waals surface area (Å²) in [5.74, 6) is 1.52. The molecule has 1 aliphatic carbocycles. The van der Waals surface area contributed by atoms with E-state index in [-0.39, 0.29) is 23.6 Å². The number of amidine groups is 1. The average Bonchev–Trinajstić information content (AvgIpc) is 3.54. The number of phenols is 1. The van der Waals surface area contributed by atoms with Gasteiger partial charge in [0.25, 0.3) is 0 Å². The minimum atomic E-state index is 0.0535. The summed E-state index contributed by atoms with van der Waals surface area (Å²) in [6.45, 7) is 7.86. The molecular weight excluding hydrogens is 400 g/mol. The van der Waals surface area contributed by atoms with Crippen molar-refractivity contribution in [1.82, 2.24) is 10.2 Å². The van der Waals surface area contributed by atoms with Crippen LogP contribution in [-0.2, 0) is 11.2 Å². The first-order valence-corrected chi connectivity index (χ1v) is 10.7. The number of phenolic OH excluding ortho intramolecular Hbond substituents is 1. The normalized spacial score (nSPS) is 17.0. The van der Waals surface area contributed by atoms with Crippen molar-refractivity contribution in [1.29, 1.82) is 0 Å². The smallest absolute Gasteiger partial charge is 0.220 e. The maximum absolute atomic E-state index is 12.7. The van der Waals surface area contributed by atoms with Gasteiger partial charge < -0.3 is 15.3 Å². The molecule has 6 nitrogen and oxygen atoms in total. The number of nitrogens with zero attached hydrogens (tertiary/aromatic N) is 3. The molecule has 0 unspecified atom stereocenters. The van der Waals surface area contributed by atoms with Gasteiger partial charge in [0.2, 0.25) is 5.91 Å². The Balaban J connectivity index is 1.95. The Kier molecular flexibility index (Phi) is 9.06. The monoisotopic (exact) mass is 432 g/mol. The van der Waals surface area contributed by atoms with E-state index in [1.165, 1.54) is 0 Å². The number of rotatable bonds is 10. The maximum Gasteiger partial charge on any atom is 0.220 e. The largest absolute Gasteiger partial charge is 0.506 e. The van der Waals surface area contributed by atoms with E-state index in [0.717, 1.165) is 30.4 Å². The molecule has 164 valence electrons. The fourth-order valence-corrected chi connectivity index (χ4v) is 3.62. The number of allylic oxidation sites excluding steroid dienone is 1. The minimum Gasteiger partial charge on any atom is -0.506 e. The molecule has 2 rings (SSSR count). The van der Waals surface area contributed by atoms with Crippen molar-refractivity contribution in [2.45, 2.75) is 45.6 Å². The molecule has 0 heterocycles. The Bertz CT molecular complexity index is 815. The molecule has 0 aliphatic heterocycles. The van der Waals surface area contributed by atoms with Crippen LogP contribution >= 0.6 is 11.6 Å². The highest BCUT2D eigenvalue weighted by Crippen LogP contribution is 2.42. The van der Waals surface area contributed by atoms with Crippen LogP contribution in [0.15, 0.2) is 40.0 Å². The van der Waals surface area contributed by atoms with E-state index in [1.54, 1.807) is 19.1 Å². The lowest BCUT2D eigenvalue weighted by Crippen LogP contribution is -2.42. The first kappa shape index (κ1) is 24.1. The van der Waals surface area contributed by atoms with Crippen LogP contribution in [0.1, 0.15) is 38.7 Å². The second kappa shape index (κ2) is 11.3. The molecule has 0 saturated heterocycles. The van der Waals surface area contributed by atoms with E-state index >= 15 is 0 Å². The van der Waals surface area contributed by atoms with Crippen LogP contribution < -0.4 is 5.32 Å². The molecule has 2 N–H and O–H groups in total. The summed E-state index contributed by atoms with van der Waals surface area (Å²) in [7, 11) is 3.99. The van der Waals surface area contributed by atoms with Gasteiger partial charge >= 0.3 is 0 Å². The number of benzene rings is 1. The van der Waals surface area contributed by atoms with E-state index in [4.69, 9.17) is 11.6 Å². The Hall–Kier alpha value is -2.18. The number of likely N-dealkylation sites (N-methyl/N-ethyl adjacent to an activating group) is 1. The number of carbonyl (C=O) groups excluding carboxylic acids is 1. The summed E-state index contributed by atoms with van der Waals surface area (Å²) >= 11 is 6.02. The zero-order valence-electron chi connectivity index (χ0n) is 18.4. The third kappa shape index (κ3) is 7.58. The van der Waals surface area contributed by atoms with Crippen molar-refractivity contribution in [2.24, 2.45) is 21.8 Å². The third-order valence-corrected chi connectivity index (χ3v) is 5.92. The number of amides is 1. The highest BCUT2D eigenvalue weighted by molar-refractivity contribution is 6.32. The van der Waals surface area contributed by atoms with Crippen LogP contribution in [0, 0.1) is 11.8 Å². The van der Waals surface area contributed by atoms with Crippen molar-refractivity contribution < 1.29 is 9.90 Å². The summed E-state index contributed by atoms with van der Waals surface area (Å²) in [6, 6.07) is 5.35. The van der Waals surface area contributed by atoms with Gasteiger partial charge in [-0.15, -0.1) is 0 Å². The van der Waals surface area contributed by atoms with Crippen molar-refractivity contribution >= 4 is 30.1 Å². The number of carbonyl (C=O) groups is 1. The number of hydrogen-bond acceptors (Lipinski definition) is 4. The average molecular weight is 433 g/mol. The molecule has 0 radical (unpaired) electrons. The first-order chi connectivity index (χ1) is 14.2. The molecule has 1 fully saturated rings. The lowest BCUT2D eigenvalue weighted by Gasteiger charge is -2.25. The van der Waals surface area contributed by atoms with Crippen LogP contribution in [0.5, 0.6) is 5.75 Å². The van der Waals surface area contributed by atoms with Gasteiger partial charge in [-0.2, -0.15) is 0 Å². The van der Waals surface area contributed by atoms with Crippen LogP contribution in [0.25, 0.3) is 0 Å². The van der Waals surface area contributed by atoms with Crippen LogP contribution in [0.4, 0.5) is 0 Å². The number of hydrogen-bond donors (Lipinski definition) is 2. The van der Waals surface area contributed by atoms with Gasteiger partial charge in [-0.05, 0) is 83.5 Å². The number of aromatic hydroxyl groups is 1. The summed E-state index contributed by atoms with van der Waals surface area (Å²) < 4.78 is 0. The second-order valence-electron chi connectivity index (χ2n) is 8.27. The van der Waals surface area contributed by atoms with Crippen LogP contribution in [0.2, 0.25) is 5.02 Å². The van der Waals surface area contributed by atoms with E-state index in [2.05, 4.69) is 26.9 Å². The number of halogens is 1. The van der Waals surface area contributed by atoms with Gasteiger partial charge in [0, 0.05) is 25.2 Å². The molecule has 7 heteroatoms. The van der Waals surface area contributed by atoms with Gasteiger partial charge in [-0.3, -0.25) is 4.79 Å². The molecule has 30 heavy (non-hydrogen) atoms. The highest BCUT2D eigenvalue weighted by atomic mass is 35.5. The maximum atomic E-state index is 12.7. The van der Waals surface area contributed by atoms with Gasteiger partial charge in [0.1, 0.15) is 11.6 Å². The number of nitrogens with one attached hydrogen (secondary N) is 1. The predicted octanol–water partition coefficient (Wildman–Crippen LogP) is 4.07. The molecule has 0 aromatic heterocycles. The third-order valence-electron chi connectivity index (χ3n) is 5.61. The second-order valence-corrected chi connectivity index (χ2v) is 8.67. The van der Waals surface area contributed by atoms with Gasteiger partial charge in [0.05, 0.1) is 5.02 Å². The summed E-state index contributed by atoms with van der Waals surface area (Å²) in [5, 5.41) is 13.0. The van der Waals surface area contributed by atoms with Crippen LogP contribution in [0.3, 0.4) is 0 Å². The molecule has 1 saturated carbocycles. The quantitative estimate of drug-likeness (QED) is 0.432. The summed E-state index contributed by atoms with van der Waals surface area (Å²) in [5.41, 5.74) is 2.13. The highest BCUT2D eigenvalue weighted by Gasteiger charge is 2.33. The fourth-order valence-electron chi connectivity index (χ4n) is 3.42. The van der Waals surface area contributed by atoms with Crippen molar-refractivity contribution in [2.75, 3.05) is 20.6 Å². The van der Waals surface area contributed by atoms with E-state index in [0.29, 0.717) is 29.7 Å². The topological polar surface area (TPSA) is 77.3 Å². The van der Waals surface area contributed by atoms with Gasteiger partial charge in [0.15, 0.2) is 0 Å². The molecule has 2 atom stereocenters. The molecule has 0 bridgehead atoms. The Morgan fingerprint density at radius 3 is 2.67 bits per heavy atom. The molecule has 0 spiro atoms. The SMILES string of the molecule is C=N/C(C)=N\C=C(/C)[C@H](CC(=O)NC[C@H](Cc1ccc(O)c(Cl)c1)N(C)C)C1CC1. The van der Waals surface area contributed by atoms with E-state index < -0.39 is 0 Å². The predicted molar refractivity (Wildman–Crippen MR) is 125 cm³/mol. The van der Waals surface area contributed by atoms with Gasteiger partial charge in [-0.1, -0.05) is 23.2 Å².